The SMILES string of the molecule is Cc1ccc2cc(C(=O)C#N)ccc2c1. The molecular weight excluding hydrogens is 186 g/mol. The maximum absolute atomic E-state index is 11.2. The molecule has 0 radical (unpaired) electrons. The average molecular weight is 195 g/mol. The molecule has 0 heterocycles. The molecule has 0 saturated carbocycles. The lowest BCUT2D eigenvalue weighted by Crippen LogP contribution is -1.93. The molecule has 0 fully saturated rings. The molecule has 0 amide bonds. The smallest absolute Gasteiger partial charge is 0.262 e. The maximum Gasteiger partial charge on any atom is 0.262 e. The van der Waals surface area contributed by atoms with Gasteiger partial charge in [0.05, 0.1) is 0 Å². The zero-order valence-electron chi connectivity index (χ0n) is 8.32. The van der Waals surface area contributed by atoms with Crippen molar-refractivity contribution in [2.24, 2.45) is 0 Å². The van der Waals surface area contributed by atoms with E-state index in [1.165, 1.54) is 5.56 Å². The van der Waals surface area contributed by atoms with Crippen LogP contribution in [0.3, 0.4) is 0 Å². The summed E-state index contributed by atoms with van der Waals surface area (Å²) in [4.78, 5) is 11.2. The van der Waals surface area contributed by atoms with Crippen LogP contribution in [0.15, 0.2) is 36.4 Å². The van der Waals surface area contributed by atoms with Gasteiger partial charge in [-0.2, -0.15) is 5.26 Å². The van der Waals surface area contributed by atoms with Gasteiger partial charge in [0.1, 0.15) is 6.07 Å². The van der Waals surface area contributed by atoms with Gasteiger partial charge in [0, 0.05) is 5.56 Å². The Bertz CT molecular complexity index is 579. The fraction of sp³-hybridized carbons (Fsp3) is 0.0769. The standard InChI is InChI=1S/C13H9NO/c1-9-2-3-11-7-12(13(15)8-14)5-4-10(11)6-9/h2-7H,1H3. The number of Topliss-reactive ketones (excluding diaryl/α,β-unsaturated/α-hetero) is 1. The number of hydrogen-bond donors (Lipinski definition) is 0. The van der Waals surface area contributed by atoms with E-state index in [4.69, 9.17) is 5.26 Å². The molecule has 2 heteroatoms. The summed E-state index contributed by atoms with van der Waals surface area (Å²) >= 11 is 0. The lowest BCUT2D eigenvalue weighted by atomic mass is 10.0. The van der Waals surface area contributed by atoms with Gasteiger partial charge in [-0.05, 0) is 29.8 Å². The number of fused-ring (bicyclic) bond motifs is 1. The van der Waals surface area contributed by atoms with E-state index in [2.05, 4.69) is 6.07 Å². The first-order valence-electron chi connectivity index (χ1n) is 4.65. The topological polar surface area (TPSA) is 40.9 Å². The van der Waals surface area contributed by atoms with Gasteiger partial charge in [-0.1, -0.05) is 29.8 Å². The van der Waals surface area contributed by atoms with Crippen LogP contribution in [0, 0.1) is 18.3 Å². The van der Waals surface area contributed by atoms with E-state index in [1.54, 1.807) is 18.2 Å². The van der Waals surface area contributed by atoms with E-state index in [1.807, 2.05) is 25.1 Å². The summed E-state index contributed by atoms with van der Waals surface area (Å²) in [5, 5.41) is 10.6. The molecule has 0 N–H and O–H groups in total. The lowest BCUT2D eigenvalue weighted by Gasteiger charge is -2.00. The Kier molecular flexibility index (Phi) is 2.23. The molecule has 0 aliphatic carbocycles. The Morgan fingerprint density at radius 2 is 1.80 bits per heavy atom. The van der Waals surface area contributed by atoms with Crippen LogP contribution in [0.25, 0.3) is 10.8 Å². The molecule has 72 valence electrons. The zero-order chi connectivity index (χ0) is 10.8. The lowest BCUT2D eigenvalue weighted by molar-refractivity contribution is 0.105. The quantitative estimate of drug-likeness (QED) is 0.518. The summed E-state index contributed by atoms with van der Waals surface area (Å²) in [7, 11) is 0. The van der Waals surface area contributed by atoms with E-state index in [-0.39, 0.29) is 0 Å². The third-order valence-electron chi connectivity index (χ3n) is 2.36. The Morgan fingerprint density at radius 1 is 1.13 bits per heavy atom. The van der Waals surface area contributed by atoms with Gasteiger partial charge in [-0.25, -0.2) is 0 Å². The first kappa shape index (κ1) is 9.42. The summed E-state index contributed by atoms with van der Waals surface area (Å²) in [6, 6.07) is 12.9. The Balaban J connectivity index is 2.63. The van der Waals surface area contributed by atoms with Crippen molar-refractivity contribution in [3.8, 4) is 6.07 Å². The molecule has 2 aromatic rings. The highest BCUT2D eigenvalue weighted by atomic mass is 16.1. The molecule has 0 bridgehead atoms. The third kappa shape index (κ3) is 1.72. The molecule has 0 aliphatic rings. The summed E-state index contributed by atoms with van der Waals surface area (Å²) < 4.78 is 0. The second-order valence-electron chi connectivity index (χ2n) is 3.51. The summed E-state index contributed by atoms with van der Waals surface area (Å²) in [6.45, 7) is 2.02. The van der Waals surface area contributed by atoms with Gasteiger partial charge in [0.2, 0.25) is 0 Å². The minimum atomic E-state index is -0.488. The second kappa shape index (κ2) is 3.55. The highest BCUT2D eigenvalue weighted by Gasteiger charge is 2.04. The average Bonchev–Trinajstić information content (AvgIpc) is 2.27. The zero-order valence-corrected chi connectivity index (χ0v) is 8.32. The van der Waals surface area contributed by atoms with Crippen LogP contribution < -0.4 is 0 Å². The van der Waals surface area contributed by atoms with Crippen LogP contribution in [0.2, 0.25) is 0 Å². The van der Waals surface area contributed by atoms with Crippen molar-refractivity contribution >= 4 is 16.6 Å². The van der Waals surface area contributed by atoms with E-state index in [0.717, 1.165) is 10.8 Å². The van der Waals surface area contributed by atoms with Crippen molar-refractivity contribution in [1.82, 2.24) is 0 Å². The fourth-order valence-corrected chi connectivity index (χ4v) is 1.57. The fourth-order valence-electron chi connectivity index (χ4n) is 1.57. The molecule has 0 aromatic heterocycles. The van der Waals surface area contributed by atoms with Crippen molar-refractivity contribution in [2.45, 2.75) is 6.92 Å². The van der Waals surface area contributed by atoms with Crippen LogP contribution in [-0.2, 0) is 0 Å². The van der Waals surface area contributed by atoms with Crippen molar-refractivity contribution in [3.63, 3.8) is 0 Å². The van der Waals surface area contributed by atoms with E-state index < -0.39 is 5.78 Å². The molecule has 15 heavy (non-hydrogen) atoms. The molecule has 2 aromatic carbocycles. The summed E-state index contributed by atoms with van der Waals surface area (Å²) in [6.07, 6.45) is 0. The number of carbonyl (C=O) groups excluding carboxylic acids is 1. The number of aryl methyl sites for hydroxylation is 1. The molecule has 0 spiro atoms. The maximum atomic E-state index is 11.2. The normalized spacial score (nSPS) is 9.87. The summed E-state index contributed by atoms with van der Waals surface area (Å²) in [5.41, 5.74) is 1.63. The predicted octanol–water partition coefficient (Wildman–Crippen LogP) is 2.85. The molecule has 2 nitrogen and oxygen atoms in total. The van der Waals surface area contributed by atoms with Crippen molar-refractivity contribution in [2.75, 3.05) is 0 Å². The largest absolute Gasteiger partial charge is 0.277 e. The molecular formula is C13H9NO. The van der Waals surface area contributed by atoms with Crippen LogP contribution in [0.4, 0.5) is 0 Å². The minimum Gasteiger partial charge on any atom is -0.277 e. The van der Waals surface area contributed by atoms with E-state index in [9.17, 15) is 4.79 Å². The van der Waals surface area contributed by atoms with Gasteiger partial charge < -0.3 is 0 Å². The van der Waals surface area contributed by atoms with E-state index in [0.29, 0.717) is 5.56 Å². The van der Waals surface area contributed by atoms with E-state index >= 15 is 0 Å². The van der Waals surface area contributed by atoms with Crippen LogP contribution in [0.1, 0.15) is 15.9 Å². The number of hydrogen-bond acceptors (Lipinski definition) is 2. The monoisotopic (exact) mass is 195 g/mol. The highest BCUT2D eigenvalue weighted by Crippen LogP contribution is 2.17. The number of nitriles is 1. The Labute approximate surface area is 87.8 Å². The Hall–Kier alpha value is -2.14. The number of ketones is 1. The molecule has 0 atom stereocenters. The first-order chi connectivity index (χ1) is 7.20. The molecule has 0 aliphatic heterocycles. The molecule has 2 rings (SSSR count). The predicted molar refractivity (Wildman–Crippen MR) is 58.6 cm³/mol. The van der Waals surface area contributed by atoms with Crippen molar-refractivity contribution in [3.05, 3.63) is 47.5 Å². The minimum absolute atomic E-state index is 0.453. The highest BCUT2D eigenvalue weighted by molar-refractivity contribution is 6.09. The third-order valence-corrected chi connectivity index (χ3v) is 2.36. The van der Waals surface area contributed by atoms with Gasteiger partial charge in [-0.3, -0.25) is 4.79 Å². The molecule has 0 saturated heterocycles. The Morgan fingerprint density at radius 3 is 2.53 bits per heavy atom. The molecule has 0 unspecified atom stereocenters. The van der Waals surface area contributed by atoms with Crippen molar-refractivity contribution < 1.29 is 4.79 Å². The number of benzene rings is 2. The van der Waals surface area contributed by atoms with Gasteiger partial charge in [-0.15, -0.1) is 0 Å². The van der Waals surface area contributed by atoms with Gasteiger partial charge >= 0.3 is 0 Å². The second-order valence-corrected chi connectivity index (χ2v) is 3.51. The summed E-state index contributed by atoms with van der Waals surface area (Å²) in [5.74, 6) is -0.488. The number of nitrogens with zero attached hydrogens (tertiary/aromatic N) is 1. The number of rotatable bonds is 1. The van der Waals surface area contributed by atoms with Crippen molar-refractivity contribution in [1.29, 1.82) is 5.26 Å². The van der Waals surface area contributed by atoms with Gasteiger partial charge in [0.25, 0.3) is 5.78 Å². The first-order valence-corrected chi connectivity index (χ1v) is 4.65. The van der Waals surface area contributed by atoms with Crippen LogP contribution in [-0.4, -0.2) is 5.78 Å². The van der Waals surface area contributed by atoms with Crippen LogP contribution >= 0.6 is 0 Å². The van der Waals surface area contributed by atoms with Gasteiger partial charge in [0.15, 0.2) is 0 Å². The van der Waals surface area contributed by atoms with Crippen LogP contribution in [0.5, 0.6) is 0 Å². The number of carbonyl (C=O) groups is 1.